The maximum atomic E-state index is 13.6. The number of rotatable bonds is 2. The molecule has 0 spiro atoms. The van der Waals surface area contributed by atoms with Gasteiger partial charge in [0, 0.05) is 5.92 Å². The van der Waals surface area contributed by atoms with Crippen LogP contribution in [0.5, 0.6) is 5.75 Å². The minimum Gasteiger partial charge on any atom is -0.508 e. The topological polar surface area (TPSA) is 121 Å². The molecular weight excluding hydrogens is 567 g/mol. The van der Waals surface area contributed by atoms with E-state index in [2.05, 4.69) is 20.7 Å². The number of hydrogen-bond acceptors (Lipinski definition) is 7. The predicted octanol–water partition coefficient (Wildman–Crippen LogP) is 2.87. The number of benzene rings is 1. The van der Waals surface area contributed by atoms with Crippen molar-refractivity contribution in [3.63, 3.8) is 0 Å². The number of likely N-dealkylation sites (tertiary alicyclic amines) is 2. The van der Waals surface area contributed by atoms with Crippen molar-refractivity contribution < 1.29 is 33.8 Å². The zero-order chi connectivity index (χ0) is 25.4. The van der Waals surface area contributed by atoms with Gasteiger partial charge in [-0.2, -0.15) is 4.90 Å². The molecule has 6 atom stereocenters. The van der Waals surface area contributed by atoms with Crippen LogP contribution in [0.4, 0.5) is 4.79 Å². The lowest BCUT2D eigenvalue weighted by Crippen LogP contribution is -2.60. The van der Waals surface area contributed by atoms with E-state index in [1.165, 1.54) is 12.1 Å². The molecule has 0 aromatic heterocycles. The largest absolute Gasteiger partial charge is 0.508 e. The first-order valence-electron chi connectivity index (χ1n) is 10.8. The number of amides is 5. The summed E-state index contributed by atoms with van der Waals surface area (Å²) < 4.78 is 4.63. The third-order valence-corrected chi connectivity index (χ3v) is 9.49. The zero-order valence-corrected chi connectivity index (χ0v) is 21.3. The Labute approximate surface area is 218 Å². The van der Waals surface area contributed by atoms with Gasteiger partial charge in [0.25, 0.3) is 11.8 Å². The first kappa shape index (κ1) is 24.3. The maximum absolute atomic E-state index is 13.6. The average molecular weight is 586 g/mol. The van der Waals surface area contributed by atoms with Crippen molar-refractivity contribution in [1.82, 2.24) is 9.80 Å². The lowest BCUT2D eigenvalue weighted by atomic mass is 9.56. The molecule has 0 bridgehead atoms. The monoisotopic (exact) mass is 584 g/mol. The Morgan fingerprint density at radius 1 is 1.17 bits per heavy atom. The van der Waals surface area contributed by atoms with E-state index in [1.807, 2.05) is 0 Å². The van der Waals surface area contributed by atoms with E-state index in [9.17, 15) is 29.1 Å². The van der Waals surface area contributed by atoms with Crippen molar-refractivity contribution in [2.75, 3.05) is 12.6 Å². The molecule has 2 saturated heterocycles. The van der Waals surface area contributed by atoms with Crippen LogP contribution in [0.15, 0.2) is 35.9 Å². The van der Waals surface area contributed by atoms with Crippen molar-refractivity contribution >= 4 is 68.9 Å². The number of carbonyl (C=O) groups excluding carboxylic acids is 5. The Kier molecular flexibility index (Phi) is 5.58. The highest BCUT2D eigenvalue weighted by Gasteiger charge is 2.76. The van der Waals surface area contributed by atoms with Crippen molar-refractivity contribution in [3.05, 3.63) is 41.5 Å². The summed E-state index contributed by atoms with van der Waals surface area (Å²) in [6.07, 6.45) is 0.585. The predicted molar refractivity (Wildman–Crippen MR) is 126 cm³/mol. The molecule has 9 nitrogen and oxygen atoms in total. The minimum atomic E-state index is -1.95. The van der Waals surface area contributed by atoms with E-state index in [-0.39, 0.29) is 24.0 Å². The molecule has 0 radical (unpaired) electrons. The Hall–Kier alpha value is -2.43. The second kappa shape index (κ2) is 8.04. The normalized spacial score (nSPS) is 36.1. The number of methoxy groups -OCH3 is 1. The van der Waals surface area contributed by atoms with Crippen molar-refractivity contribution in [3.8, 4) is 5.75 Å². The zero-order valence-electron chi connectivity index (χ0n) is 18.2. The lowest BCUT2D eigenvalue weighted by molar-refractivity contribution is -0.140. The van der Waals surface area contributed by atoms with Gasteiger partial charge < -0.3 is 9.84 Å². The highest BCUT2D eigenvalue weighted by Crippen LogP contribution is 2.65. The fourth-order valence-corrected chi connectivity index (χ4v) is 7.53. The van der Waals surface area contributed by atoms with Crippen molar-refractivity contribution in [2.24, 2.45) is 17.8 Å². The van der Waals surface area contributed by atoms with E-state index >= 15 is 0 Å². The first-order valence-corrected chi connectivity index (χ1v) is 12.7. The smallest absolute Gasteiger partial charge is 0.423 e. The van der Waals surface area contributed by atoms with Crippen LogP contribution in [0, 0.1) is 17.8 Å². The number of ether oxygens (including phenoxy) is 1. The van der Waals surface area contributed by atoms with Gasteiger partial charge in [0.15, 0.2) is 9.75 Å². The Bertz CT molecular complexity index is 1240. The summed E-state index contributed by atoms with van der Waals surface area (Å²) in [5, 5.41) is 10.2. The summed E-state index contributed by atoms with van der Waals surface area (Å²) >= 11 is 17.2. The summed E-state index contributed by atoms with van der Waals surface area (Å²) in [4.78, 5) is 63.0. The number of nitrogens with zero attached hydrogens (tertiary/aromatic N) is 2. The number of halogens is 3. The van der Waals surface area contributed by atoms with Gasteiger partial charge >= 0.3 is 6.09 Å². The first-order chi connectivity index (χ1) is 16.5. The number of alkyl halides is 3. The van der Waals surface area contributed by atoms with Gasteiger partial charge in [-0.15, -0.1) is 23.2 Å². The molecule has 5 rings (SSSR count). The van der Waals surface area contributed by atoms with Gasteiger partial charge in [-0.25, -0.2) is 4.79 Å². The van der Waals surface area contributed by atoms with Gasteiger partial charge in [0.05, 0.1) is 24.4 Å². The maximum Gasteiger partial charge on any atom is 0.423 e. The number of fused-ring (bicyclic) bond motifs is 4. The summed E-state index contributed by atoms with van der Waals surface area (Å²) in [7, 11) is 1.07. The lowest BCUT2D eigenvalue weighted by Gasteiger charge is -2.50. The third-order valence-electron chi connectivity index (χ3n) is 7.58. The minimum absolute atomic E-state index is 0.0857. The Morgan fingerprint density at radius 2 is 1.89 bits per heavy atom. The molecule has 2 aliphatic carbocycles. The van der Waals surface area contributed by atoms with Crippen LogP contribution < -0.4 is 0 Å². The molecule has 1 N–H and O–H groups in total. The van der Waals surface area contributed by atoms with Crippen molar-refractivity contribution in [2.45, 2.75) is 28.5 Å². The molecule has 3 fully saturated rings. The van der Waals surface area contributed by atoms with Crippen LogP contribution >= 0.6 is 39.1 Å². The van der Waals surface area contributed by atoms with Crippen LogP contribution in [0.2, 0.25) is 0 Å². The number of imide groups is 4. The number of hydrogen-bond donors (Lipinski definition) is 1. The quantitative estimate of drug-likeness (QED) is 0.245. The molecule has 1 aromatic rings. The van der Waals surface area contributed by atoms with E-state index in [1.54, 1.807) is 18.2 Å². The molecular formula is C23H19BrCl2N2O7. The number of allylic oxidation sites excluding steroid dienone is 2. The molecule has 2 heterocycles. The van der Waals surface area contributed by atoms with Gasteiger partial charge in [-0.05, 0) is 36.5 Å². The Morgan fingerprint density at radius 3 is 2.51 bits per heavy atom. The molecule has 5 amide bonds. The second-order valence-corrected chi connectivity index (χ2v) is 10.8. The van der Waals surface area contributed by atoms with Gasteiger partial charge in [0.2, 0.25) is 11.8 Å². The standard InChI is InChI=1S/C23H19BrCl2N2O7/c1-35-21(34)28-17(30)13-6-5-12-14(15(13)18(28)31)8-22(25)19(32)27(9-24)20(33)23(22,26)16(12)10-3-2-4-11(29)7-10/h2-5,7,13-16,29H,6,8-9H2,1H3/t13-,14+,15-,16-,22+,23-/m0/s1. The summed E-state index contributed by atoms with van der Waals surface area (Å²) in [6, 6.07) is 6.10. The highest BCUT2D eigenvalue weighted by molar-refractivity contribution is 9.09. The van der Waals surface area contributed by atoms with Gasteiger partial charge in [-0.3, -0.25) is 24.1 Å². The molecule has 35 heavy (non-hydrogen) atoms. The second-order valence-electron chi connectivity index (χ2n) is 9.06. The molecule has 12 heteroatoms. The fourth-order valence-electron chi connectivity index (χ4n) is 6.10. The van der Waals surface area contributed by atoms with Crippen LogP contribution in [-0.4, -0.2) is 66.9 Å². The van der Waals surface area contributed by atoms with Gasteiger partial charge in [0.1, 0.15) is 5.75 Å². The number of phenols is 1. The Balaban J connectivity index is 1.72. The van der Waals surface area contributed by atoms with E-state index < -0.39 is 63.1 Å². The molecule has 0 unspecified atom stereocenters. The fraction of sp³-hybridized carbons (Fsp3) is 0.435. The molecule has 4 aliphatic rings. The van der Waals surface area contributed by atoms with Gasteiger partial charge in [-0.1, -0.05) is 39.7 Å². The van der Waals surface area contributed by atoms with Crippen LogP contribution in [0.3, 0.4) is 0 Å². The van der Waals surface area contributed by atoms with E-state index in [4.69, 9.17) is 23.2 Å². The molecule has 1 aromatic carbocycles. The third kappa shape index (κ3) is 2.96. The van der Waals surface area contributed by atoms with Crippen LogP contribution in [0.25, 0.3) is 0 Å². The summed E-state index contributed by atoms with van der Waals surface area (Å²) in [5.74, 6) is -6.50. The number of phenolic OH excluding ortho intramolecular Hbond substituents is 1. The SMILES string of the molecule is COC(=O)N1C(=O)[C@H]2[C@H](CC=C3[C@H]2C[C@@]2(Cl)C(=O)N(CBr)C(=O)[C@@]2(Cl)[C@H]3c2cccc(O)c2)C1=O. The molecule has 184 valence electrons. The summed E-state index contributed by atoms with van der Waals surface area (Å²) in [6.45, 7) is 0. The summed E-state index contributed by atoms with van der Waals surface area (Å²) in [5.41, 5.74) is 0.857. The van der Waals surface area contributed by atoms with Crippen LogP contribution in [0.1, 0.15) is 24.3 Å². The number of carbonyl (C=O) groups is 5. The number of aromatic hydroxyl groups is 1. The molecule has 2 aliphatic heterocycles. The van der Waals surface area contributed by atoms with E-state index in [0.29, 0.717) is 16.0 Å². The van der Waals surface area contributed by atoms with Crippen LogP contribution in [-0.2, 0) is 23.9 Å². The highest BCUT2D eigenvalue weighted by atomic mass is 79.9. The van der Waals surface area contributed by atoms with E-state index in [0.717, 1.165) is 12.0 Å². The average Bonchev–Trinajstić information content (AvgIpc) is 3.16. The molecule has 1 saturated carbocycles. The van der Waals surface area contributed by atoms with Crippen molar-refractivity contribution in [1.29, 1.82) is 0 Å².